The van der Waals surface area contributed by atoms with Crippen molar-refractivity contribution in [3.8, 4) is 5.75 Å². The average molecular weight is 269 g/mol. The van der Waals surface area contributed by atoms with Crippen molar-refractivity contribution in [3.63, 3.8) is 0 Å². The van der Waals surface area contributed by atoms with E-state index in [2.05, 4.69) is 0 Å². The van der Waals surface area contributed by atoms with E-state index in [1.807, 2.05) is 0 Å². The highest BCUT2D eigenvalue weighted by Gasteiger charge is 2.21. The van der Waals surface area contributed by atoms with Crippen molar-refractivity contribution >= 4 is 36.6 Å². The van der Waals surface area contributed by atoms with Crippen LogP contribution in [0.25, 0.3) is 0 Å². The summed E-state index contributed by atoms with van der Waals surface area (Å²) < 4.78 is 27.0. The highest BCUT2D eigenvalue weighted by molar-refractivity contribution is 8.13. The molecule has 1 aromatic carbocycles. The van der Waals surface area contributed by atoms with Crippen molar-refractivity contribution in [2.24, 2.45) is 0 Å². The number of rotatable bonds is 3. The SMILES string of the molecule is COc1c(C(=O)Cl)cccc1S(=O)(=O)Cl. The van der Waals surface area contributed by atoms with Crippen LogP contribution in [0.3, 0.4) is 0 Å². The van der Waals surface area contributed by atoms with Gasteiger partial charge in [-0.1, -0.05) is 6.07 Å². The van der Waals surface area contributed by atoms with E-state index in [9.17, 15) is 13.2 Å². The molecule has 0 aliphatic heterocycles. The van der Waals surface area contributed by atoms with E-state index in [4.69, 9.17) is 27.0 Å². The molecule has 0 amide bonds. The van der Waals surface area contributed by atoms with Crippen molar-refractivity contribution in [3.05, 3.63) is 23.8 Å². The molecule has 0 radical (unpaired) electrons. The van der Waals surface area contributed by atoms with Crippen LogP contribution in [0.2, 0.25) is 0 Å². The molecule has 0 saturated carbocycles. The van der Waals surface area contributed by atoms with Crippen molar-refractivity contribution < 1.29 is 17.9 Å². The highest BCUT2D eigenvalue weighted by atomic mass is 35.7. The minimum absolute atomic E-state index is 0.0408. The number of benzene rings is 1. The molecule has 0 saturated heterocycles. The summed E-state index contributed by atoms with van der Waals surface area (Å²) in [4.78, 5) is 10.7. The molecule has 0 aliphatic rings. The predicted molar refractivity (Wildman–Crippen MR) is 56.2 cm³/mol. The zero-order valence-electron chi connectivity index (χ0n) is 7.53. The van der Waals surface area contributed by atoms with E-state index in [1.54, 1.807) is 0 Å². The third-order valence-electron chi connectivity index (χ3n) is 1.66. The van der Waals surface area contributed by atoms with Gasteiger partial charge in [-0.3, -0.25) is 4.79 Å². The Labute approximate surface area is 96.2 Å². The Morgan fingerprint density at radius 2 is 2.00 bits per heavy atom. The maximum Gasteiger partial charge on any atom is 0.265 e. The third kappa shape index (κ3) is 2.62. The maximum atomic E-state index is 11.1. The standard InChI is InChI=1S/C8H6Cl2O4S/c1-14-7-5(8(9)11)3-2-4-6(7)15(10,12)13/h2-4H,1H3. The monoisotopic (exact) mass is 268 g/mol. The van der Waals surface area contributed by atoms with Gasteiger partial charge in [0, 0.05) is 10.7 Å². The smallest absolute Gasteiger partial charge is 0.265 e. The van der Waals surface area contributed by atoms with Crippen LogP contribution in [-0.2, 0) is 9.05 Å². The Hall–Kier alpha value is -0.780. The summed E-state index contributed by atoms with van der Waals surface area (Å²) in [5, 5.41) is -0.811. The fourth-order valence-corrected chi connectivity index (χ4v) is 2.24. The molecule has 4 nitrogen and oxygen atoms in total. The van der Waals surface area contributed by atoms with Crippen LogP contribution in [0.1, 0.15) is 10.4 Å². The van der Waals surface area contributed by atoms with Gasteiger partial charge in [0.15, 0.2) is 5.75 Å². The molecule has 0 aromatic heterocycles. The first-order valence-electron chi connectivity index (χ1n) is 3.69. The molecule has 0 unspecified atom stereocenters. The summed E-state index contributed by atoms with van der Waals surface area (Å²) >= 11 is 5.25. The maximum absolute atomic E-state index is 11.1. The topological polar surface area (TPSA) is 60.4 Å². The molecule has 0 spiro atoms. The largest absolute Gasteiger partial charge is 0.495 e. The van der Waals surface area contributed by atoms with Gasteiger partial charge in [0.25, 0.3) is 14.3 Å². The fourth-order valence-electron chi connectivity index (χ4n) is 1.07. The lowest BCUT2D eigenvalue weighted by molar-refractivity contribution is 0.107. The van der Waals surface area contributed by atoms with Gasteiger partial charge in [0.1, 0.15) is 4.90 Å². The summed E-state index contributed by atoms with van der Waals surface area (Å²) in [6.45, 7) is 0. The van der Waals surface area contributed by atoms with Crippen LogP contribution in [0.5, 0.6) is 5.75 Å². The number of methoxy groups -OCH3 is 1. The van der Waals surface area contributed by atoms with Crippen LogP contribution in [0.4, 0.5) is 0 Å². The van der Waals surface area contributed by atoms with Crippen LogP contribution < -0.4 is 4.74 Å². The van der Waals surface area contributed by atoms with E-state index in [1.165, 1.54) is 25.3 Å². The lowest BCUT2D eigenvalue weighted by Crippen LogP contribution is -2.01. The van der Waals surface area contributed by atoms with Gasteiger partial charge in [-0.2, -0.15) is 0 Å². The molecule has 0 atom stereocenters. The normalized spacial score (nSPS) is 11.1. The Balaban J connectivity index is 3.56. The van der Waals surface area contributed by atoms with Crippen molar-refractivity contribution in [1.82, 2.24) is 0 Å². The average Bonchev–Trinajstić information content (AvgIpc) is 2.15. The number of hydrogen-bond acceptors (Lipinski definition) is 4. The number of halogens is 2. The second-order valence-corrected chi connectivity index (χ2v) is 5.43. The van der Waals surface area contributed by atoms with Crippen LogP contribution in [0, 0.1) is 0 Å². The molecule has 0 fully saturated rings. The number of carbonyl (C=O) groups is 1. The summed E-state index contributed by atoms with van der Waals surface area (Å²) in [5.41, 5.74) is -0.0408. The first kappa shape index (κ1) is 12.3. The van der Waals surface area contributed by atoms with Gasteiger partial charge in [0.2, 0.25) is 0 Å². The highest BCUT2D eigenvalue weighted by Crippen LogP contribution is 2.31. The van der Waals surface area contributed by atoms with Crippen molar-refractivity contribution in [2.75, 3.05) is 7.11 Å². The zero-order chi connectivity index (χ0) is 11.6. The fraction of sp³-hybridized carbons (Fsp3) is 0.125. The van der Waals surface area contributed by atoms with Gasteiger partial charge >= 0.3 is 0 Å². The molecule has 0 N–H and O–H groups in total. The summed E-state index contributed by atoms with van der Waals surface area (Å²) in [6, 6.07) is 3.93. The summed E-state index contributed by atoms with van der Waals surface area (Å²) in [5.74, 6) is -0.146. The number of ether oxygens (including phenoxy) is 1. The second kappa shape index (κ2) is 4.38. The molecule has 1 aromatic rings. The lowest BCUT2D eigenvalue weighted by atomic mass is 10.2. The molecule has 0 bridgehead atoms. The Morgan fingerprint density at radius 3 is 2.40 bits per heavy atom. The van der Waals surface area contributed by atoms with E-state index >= 15 is 0 Å². The predicted octanol–water partition coefficient (Wildman–Crippen LogP) is 2.00. The minimum atomic E-state index is -3.97. The molecule has 82 valence electrons. The Bertz CT molecular complexity index is 495. The van der Waals surface area contributed by atoms with Gasteiger partial charge in [0.05, 0.1) is 12.7 Å². The molecule has 0 heterocycles. The van der Waals surface area contributed by atoms with E-state index in [-0.39, 0.29) is 16.2 Å². The quantitative estimate of drug-likeness (QED) is 0.787. The van der Waals surface area contributed by atoms with Gasteiger partial charge in [-0.05, 0) is 23.7 Å². The molecule has 7 heteroatoms. The van der Waals surface area contributed by atoms with E-state index in [0.29, 0.717) is 0 Å². The Kier molecular flexibility index (Phi) is 3.59. The molecule has 15 heavy (non-hydrogen) atoms. The van der Waals surface area contributed by atoms with Gasteiger partial charge < -0.3 is 4.74 Å². The van der Waals surface area contributed by atoms with Crippen LogP contribution in [0.15, 0.2) is 23.1 Å². The van der Waals surface area contributed by atoms with Gasteiger partial charge in [-0.25, -0.2) is 8.42 Å². The van der Waals surface area contributed by atoms with E-state index < -0.39 is 14.3 Å². The first-order valence-corrected chi connectivity index (χ1v) is 6.38. The molecular formula is C8H6Cl2O4S. The van der Waals surface area contributed by atoms with Crippen molar-refractivity contribution in [2.45, 2.75) is 4.90 Å². The number of carbonyl (C=O) groups excluding carboxylic acids is 1. The molecular weight excluding hydrogens is 263 g/mol. The summed E-state index contributed by atoms with van der Waals surface area (Å²) in [7, 11) is 2.42. The molecule has 0 aliphatic carbocycles. The second-order valence-electron chi connectivity index (χ2n) is 2.55. The van der Waals surface area contributed by atoms with E-state index in [0.717, 1.165) is 0 Å². The number of hydrogen-bond donors (Lipinski definition) is 0. The molecule has 1 rings (SSSR count). The minimum Gasteiger partial charge on any atom is -0.495 e. The van der Waals surface area contributed by atoms with Gasteiger partial charge in [-0.15, -0.1) is 0 Å². The third-order valence-corrected chi connectivity index (χ3v) is 3.21. The van der Waals surface area contributed by atoms with Crippen LogP contribution >= 0.6 is 22.3 Å². The first-order chi connectivity index (χ1) is 6.88. The Morgan fingerprint density at radius 1 is 1.40 bits per heavy atom. The zero-order valence-corrected chi connectivity index (χ0v) is 9.86. The lowest BCUT2D eigenvalue weighted by Gasteiger charge is -2.08. The summed E-state index contributed by atoms with van der Waals surface area (Å²) in [6.07, 6.45) is 0. The van der Waals surface area contributed by atoms with Crippen molar-refractivity contribution in [1.29, 1.82) is 0 Å². The number of para-hydroxylation sites is 1. The van der Waals surface area contributed by atoms with Crippen LogP contribution in [-0.4, -0.2) is 20.8 Å².